The summed E-state index contributed by atoms with van der Waals surface area (Å²) in [6.45, 7) is 9.81. The minimum absolute atomic E-state index is 0.559. The van der Waals surface area contributed by atoms with Crippen LogP contribution in [0, 0.1) is 17.8 Å². The number of piperidine rings is 2. The molecule has 5 atom stereocenters. The lowest BCUT2D eigenvalue weighted by molar-refractivity contribution is 0.126. The maximum Gasteiger partial charge on any atom is 0.00864 e. The molecule has 2 nitrogen and oxygen atoms in total. The molecule has 0 amide bonds. The van der Waals surface area contributed by atoms with E-state index in [4.69, 9.17) is 12.6 Å². The molecular formula is C20H38N2S2. The van der Waals surface area contributed by atoms with Crippen molar-refractivity contribution in [3.05, 3.63) is 0 Å². The summed E-state index contributed by atoms with van der Waals surface area (Å²) in [5, 5.41) is 5.37. The van der Waals surface area contributed by atoms with Gasteiger partial charge in [-0.25, -0.2) is 0 Å². The summed E-state index contributed by atoms with van der Waals surface area (Å²) in [7, 11) is 0. The first-order chi connectivity index (χ1) is 11.7. The van der Waals surface area contributed by atoms with Crippen LogP contribution in [0.3, 0.4) is 0 Å². The van der Waals surface area contributed by atoms with Crippen molar-refractivity contribution >= 4 is 24.4 Å². The molecule has 0 bridgehead atoms. The van der Waals surface area contributed by atoms with Gasteiger partial charge in [0.2, 0.25) is 0 Å². The van der Waals surface area contributed by atoms with Gasteiger partial charge in [0.25, 0.3) is 0 Å². The number of thiol groups is 1. The van der Waals surface area contributed by atoms with Gasteiger partial charge in [0.1, 0.15) is 0 Å². The van der Waals surface area contributed by atoms with Crippen LogP contribution in [-0.4, -0.2) is 53.4 Å². The normalized spacial score (nSPS) is 35.4. The minimum Gasteiger partial charge on any atom is -0.314 e. The zero-order valence-corrected chi connectivity index (χ0v) is 17.5. The molecule has 4 heteroatoms. The quantitative estimate of drug-likeness (QED) is 0.650. The molecule has 3 aliphatic rings. The van der Waals surface area contributed by atoms with Crippen molar-refractivity contribution in [3.63, 3.8) is 0 Å². The molecule has 0 spiro atoms. The highest BCUT2D eigenvalue weighted by Gasteiger charge is 2.37. The van der Waals surface area contributed by atoms with Crippen LogP contribution in [0.25, 0.3) is 0 Å². The van der Waals surface area contributed by atoms with E-state index in [-0.39, 0.29) is 0 Å². The molecule has 3 rings (SSSR count). The van der Waals surface area contributed by atoms with Crippen LogP contribution in [0.4, 0.5) is 0 Å². The molecule has 0 aromatic heterocycles. The van der Waals surface area contributed by atoms with Crippen molar-refractivity contribution in [1.29, 1.82) is 0 Å². The Bertz CT molecular complexity index is 365. The van der Waals surface area contributed by atoms with Gasteiger partial charge in [-0.05, 0) is 94.6 Å². The van der Waals surface area contributed by atoms with E-state index in [9.17, 15) is 0 Å². The number of likely N-dealkylation sites (tertiary alicyclic amines) is 1. The van der Waals surface area contributed by atoms with Crippen molar-refractivity contribution in [2.24, 2.45) is 17.8 Å². The molecule has 3 saturated heterocycles. The van der Waals surface area contributed by atoms with Gasteiger partial charge >= 0.3 is 0 Å². The summed E-state index contributed by atoms with van der Waals surface area (Å²) in [4.78, 5) is 2.69. The lowest BCUT2D eigenvalue weighted by atomic mass is 9.75. The molecule has 0 aliphatic carbocycles. The highest BCUT2D eigenvalue weighted by molar-refractivity contribution is 8.01. The van der Waals surface area contributed by atoms with Crippen molar-refractivity contribution in [2.45, 2.75) is 75.3 Å². The van der Waals surface area contributed by atoms with E-state index in [1.54, 1.807) is 0 Å². The number of hydrogen-bond donors (Lipinski definition) is 2. The number of nitrogens with one attached hydrogen (secondary N) is 1. The highest BCUT2D eigenvalue weighted by atomic mass is 32.2. The maximum atomic E-state index is 4.74. The Balaban J connectivity index is 1.54. The van der Waals surface area contributed by atoms with Crippen LogP contribution >= 0.6 is 24.4 Å². The molecule has 3 aliphatic heterocycles. The zero-order chi connectivity index (χ0) is 16.9. The monoisotopic (exact) mass is 370 g/mol. The van der Waals surface area contributed by atoms with Crippen molar-refractivity contribution in [1.82, 2.24) is 10.2 Å². The lowest BCUT2D eigenvalue weighted by Crippen LogP contribution is -2.46. The molecule has 0 aromatic carbocycles. The predicted octanol–water partition coefficient (Wildman–Crippen LogP) is 4.31. The molecule has 0 saturated carbocycles. The Labute approximate surface area is 159 Å². The van der Waals surface area contributed by atoms with Gasteiger partial charge in [0, 0.05) is 16.5 Å². The first kappa shape index (κ1) is 19.4. The average Bonchev–Trinajstić information content (AvgIpc) is 2.54. The average molecular weight is 371 g/mol. The fourth-order valence-corrected chi connectivity index (χ4v) is 6.51. The molecule has 5 unspecified atom stereocenters. The zero-order valence-electron chi connectivity index (χ0n) is 15.8. The smallest absolute Gasteiger partial charge is 0.00864 e. The van der Waals surface area contributed by atoms with E-state index < -0.39 is 0 Å². The van der Waals surface area contributed by atoms with Crippen molar-refractivity contribution in [3.8, 4) is 0 Å². The number of nitrogens with zero attached hydrogens (tertiary/aromatic N) is 1. The second-order valence-electron chi connectivity index (χ2n) is 8.45. The van der Waals surface area contributed by atoms with E-state index >= 15 is 0 Å². The van der Waals surface area contributed by atoms with Crippen LogP contribution in [-0.2, 0) is 0 Å². The van der Waals surface area contributed by atoms with Crippen LogP contribution in [0.15, 0.2) is 0 Å². The second-order valence-corrected chi connectivity index (χ2v) is 10.6. The predicted molar refractivity (Wildman–Crippen MR) is 111 cm³/mol. The molecule has 3 fully saturated rings. The number of thioether (sulfide) groups is 1. The highest BCUT2D eigenvalue weighted by Crippen LogP contribution is 2.43. The first-order valence-electron chi connectivity index (χ1n) is 10.4. The van der Waals surface area contributed by atoms with Crippen LogP contribution < -0.4 is 5.32 Å². The van der Waals surface area contributed by atoms with Gasteiger partial charge in [-0.1, -0.05) is 13.8 Å². The third kappa shape index (κ3) is 5.08. The molecule has 0 radical (unpaired) electrons. The summed E-state index contributed by atoms with van der Waals surface area (Å²) >= 11 is 6.99. The Morgan fingerprint density at radius 3 is 2.50 bits per heavy atom. The molecule has 1 N–H and O–H groups in total. The summed E-state index contributed by atoms with van der Waals surface area (Å²) in [5.74, 6) is 4.16. The summed E-state index contributed by atoms with van der Waals surface area (Å²) < 4.78 is 0. The number of rotatable bonds is 7. The third-order valence-corrected chi connectivity index (χ3v) is 8.67. The van der Waals surface area contributed by atoms with E-state index in [2.05, 4.69) is 35.8 Å². The van der Waals surface area contributed by atoms with E-state index in [1.165, 1.54) is 76.9 Å². The van der Waals surface area contributed by atoms with Gasteiger partial charge in [-0.15, -0.1) is 0 Å². The first-order valence-corrected chi connectivity index (χ1v) is 12.0. The van der Waals surface area contributed by atoms with E-state index in [1.807, 2.05) is 0 Å². The van der Waals surface area contributed by atoms with E-state index in [0.717, 1.165) is 29.0 Å². The Hall–Kier alpha value is 0.620. The fourth-order valence-electron chi connectivity index (χ4n) is 5.15. The SMILES string of the molecule is CCCN1CCC(C(CC2CC(C(C)S)CCN2)C2CCS2)CC1. The van der Waals surface area contributed by atoms with Crippen molar-refractivity contribution in [2.75, 3.05) is 31.9 Å². The van der Waals surface area contributed by atoms with Crippen molar-refractivity contribution < 1.29 is 0 Å². The number of hydrogen-bond acceptors (Lipinski definition) is 4. The van der Waals surface area contributed by atoms with Gasteiger partial charge < -0.3 is 10.2 Å². The summed E-state index contributed by atoms with van der Waals surface area (Å²) in [6, 6.07) is 0.748. The molecule has 0 aromatic rings. The molecular weight excluding hydrogens is 332 g/mol. The summed E-state index contributed by atoms with van der Waals surface area (Å²) in [5.41, 5.74) is 0. The minimum atomic E-state index is 0.559. The van der Waals surface area contributed by atoms with Gasteiger partial charge in [-0.2, -0.15) is 24.4 Å². The molecule has 24 heavy (non-hydrogen) atoms. The maximum absolute atomic E-state index is 4.74. The van der Waals surface area contributed by atoms with E-state index in [0.29, 0.717) is 5.25 Å². The standard InChI is InChI=1S/C20H38N2S2/c1-3-9-22-10-5-16(6-11-22)19(20-7-12-24-20)14-18-13-17(15(2)23)4-8-21-18/h15-21,23H,3-14H2,1-2H3. The van der Waals surface area contributed by atoms with Gasteiger partial charge in [0.15, 0.2) is 0 Å². The molecule has 140 valence electrons. The van der Waals surface area contributed by atoms with Crippen LogP contribution in [0.5, 0.6) is 0 Å². The van der Waals surface area contributed by atoms with Gasteiger partial charge in [0.05, 0.1) is 0 Å². The second kappa shape index (κ2) is 9.53. The Morgan fingerprint density at radius 2 is 1.92 bits per heavy atom. The molecule has 3 heterocycles. The summed E-state index contributed by atoms with van der Waals surface area (Å²) in [6.07, 6.45) is 9.77. The van der Waals surface area contributed by atoms with Crippen LogP contribution in [0.2, 0.25) is 0 Å². The third-order valence-electron chi connectivity index (χ3n) is 6.76. The Kier molecular flexibility index (Phi) is 7.69. The van der Waals surface area contributed by atoms with Crippen LogP contribution in [0.1, 0.15) is 58.8 Å². The lowest BCUT2D eigenvalue weighted by Gasteiger charge is -2.44. The van der Waals surface area contributed by atoms with Gasteiger partial charge in [-0.3, -0.25) is 0 Å². The fraction of sp³-hybridized carbons (Fsp3) is 1.00. The largest absolute Gasteiger partial charge is 0.314 e. The Morgan fingerprint density at radius 1 is 1.17 bits per heavy atom. The topological polar surface area (TPSA) is 15.3 Å².